The number of ether oxygens (including phenoxy) is 2. The van der Waals surface area contributed by atoms with Gasteiger partial charge in [0.1, 0.15) is 28.6 Å². The van der Waals surface area contributed by atoms with Crippen molar-refractivity contribution in [1.29, 1.82) is 5.26 Å². The van der Waals surface area contributed by atoms with Crippen LogP contribution in [0.4, 0.5) is 5.82 Å². The van der Waals surface area contributed by atoms with Gasteiger partial charge < -0.3 is 14.8 Å². The zero-order valence-corrected chi connectivity index (χ0v) is 18.3. The predicted molar refractivity (Wildman–Crippen MR) is 121 cm³/mol. The molecule has 1 N–H and O–H groups in total. The van der Waals surface area contributed by atoms with Crippen LogP contribution in [0.3, 0.4) is 0 Å². The highest BCUT2D eigenvalue weighted by atomic mass is 35.5. The Morgan fingerprint density at radius 2 is 1.94 bits per heavy atom. The standard InChI is InChI=1S/C23H18ClN5O3/c1-13-9-20(27-21-16(13)5-4-6-19(21)32-3)29-22(14(11-25)12-26-29)28-23(30)17-10-15(24)7-8-18(17)31-2/h4-10,12H,1-3H3,(H,28,30). The van der Waals surface area contributed by atoms with Gasteiger partial charge in [-0.2, -0.15) is 15.0 Å². The number of benzene rings is 2. The Bertz CT molecular complexity index is 1390. The van der Waals surface area contributed by atoms with E-state index in [4.69, 9.17) is 21.1 Å². The number of rotatable bonds is 5. The van der Waals surface area contributed by atoms with Crippen molar-refractivity contribution in [2.24, 2.45) is 0 Å². The molecule has 0 unspecified atom stereocenters. The Balaban J connectivity index is 1.83. The molecule has 0 aliphatic rings. The number of nitrogens with zero attached hydrogens (tertiary/aromatic N) is 4. The van der Waals surface area contributed by atoms with Crippen molar-refractivity contribution in [3.63, 3.8) is 0 Å². The van der Waals surface area contributed by atoms with Gasteiger partial charge in [-0.05, 0) is 42.8 Å². The minimum atomic E-state index is -0.502. The molecule has 4 rings (SSSR count). The van der Waals surface area contributed by atoms with E-state index >= 15 is 0 Å². The summed E-state index contributed by atoms with van der Waals surface area (Å²) in [6.07, 6.45) is 1.37. The maximum Gasteiger partial charge on any atom is 0.260 e. The van der Waals surface area contributed by atoms with Gasteiger partial charge in [-0.3, -0.25) is 4.79 Å². The van der Waals surface area contributed by atoms with Crippen LogP contribution in [0.5, 0.6) is 11.5 Å². The molecule has 0 bridgehead atoms. The van der Waals surface area contributed by atoms with Gasteiger partial charge in [-0.1, -0.05) is 23.7 Å². The maximum atomic E-state index is 13.0. The van der Waals surface area contributed by atoms with Gasteiger partial charge in [0.05, 0.1) is 26.0 Å². The fourth-order valence-electron chi connectivity index (χ4n) is 3.40. The fourth-order valence-corrected chi connectivity index (χ4v) is 3.58. The number of halogens is 1. The van der Waals surface area contributed by atoms with E-state index in [1.165, 1.54) is 24.1 Å². The van der Waals surface area contributed by atoms with Gasteiger partial charge in [0.15, 0.2) is 11.6 Å². The lowest BCUT2D eigenvalue weighted by Crippen LogP contribution is -2.17. The third-order valence-corrected chi connectivity index (χ3v) is 5.20. The first-order valence-electron chi connectivity index (χ1n) is 9.54. The number of nitriles is 1. The molecule has 0 spiro atoms. The van der Waals surface area contributed by atoms with Crippen LogP contribution >= 0.6 is 11.6 Å². The molecular weight excluding hydrogens is 430 g/mol. The van der Waals surface area contributed by atoms with E-state index in [9.17, 15) is 10.1 Å². The molecule has 0 aliphatic heterocycles. The van der Waals surface area contributed by atoms with Crippen molar-refractivity contribution in [1.82, 2.24) is 14.8 Å². The number of carbonyl (C=O) groups excluding carboxylic acids is 1. The molecule has 0 fully saturated rings. The number of para-hydroxylation sites is 1. The zero-order chi connectivity index (χ0) is 22.8. The predicted octanol–water partition coefficient (Wildman–Crippen LogP) is 4.52. The highest BCUT2D eigenvalue weighted by Crippen LogP contribution is 2.30. The Morgan fingerprint density at radius 1 is 1.16 bits per heavy atom. The average Bonchev–Trinajstić information content (AvgIpc) is 3.21. The molecule has 2 heterocycles. The lowest BCUT2D eigenvalue weighted by Gasteiger charge is -2.13. The molecule has 0 atom stereocenters. The van der Waals surface area contributed by atoms with Crippen LogP contribution in [0.25, 0.3) is 16.7 Å². The number of hydrogen-bond acceptors (Lipinski definition) is 6. The van der Waals surface area contributed by atoms with Crippen LogP contribution in [0.2, 0.25) is 5.02 Å². The SMILES string of the molecule is COc1ccc(Cl)cc1C(=O)Nc1c(C#N)cnn1-c1cc(C)c2cccc(OC)c2n1. The minimum absolute atomic E-state index is 0.180. The number of anilines is 1. The molecule has 2 aromatic carbocycles. The Morgan fingerprint density at radius 3 is 2.66 bits per heavy atom. The van der Waals surface area contributed by atoms with Gasteiger partial charge in [0, 0.05) is 10.4 Å². The Labute approximate surface area is 189 Å². The topological polar surface area (TPSA) is 102 Å². The monoisotopic (exact) mass is 447 g/mol. The summed E-state index contributed by atoms with van der Waals surface area (Å²) in [6.45, 7) is 1.94. The van der Waals surface area contributed by atoms with Crippen LogP contribution in [-0.4, -0.2) is 34.9 Å². The molecule has 160 valence electrons. The first kappa shape index (κ1) is 21.2. The number of aromatic nitrogens is 3. The molecule has 1 amide bonds. The number of amides is 1. The Hall–Kier alpha value is -4.09. The third kappa shape index (κ3) is 3.70. The normalized spacial score (nSPS) is 10.6. The van der Waals surface area contributed by atoms with Crippen LogP contribution in [-0.2, 0) is 0 Å². The summed E-state index contributed by atoms with van der Waals surface area (Å²) in [4.78, 5) is 17.7. The van der Waals surface area contributed by atoms with Crippen LogP contribution < -0.4 is 14.8 Å². The Kier molecular flexibility index (Phi) is 5.67. The second kappa shape index (κ2) is 8.57. The third-order valence-electron chi connectivity index (χ3n) is 4.96. The molecule has 0 saturated carbocycles. The van der Waals surface area contributed by atoms with Gasteiger partial charge in [0.2, 0.25) is 0 Å². The number of pyridine rings is 1. The number of carbonyl (C=O) groups is 1. The number of hydrogen-bond donors (Lipinski definition) is 1. The summed E-state index contributed by atoms with van der Waals surface area (Å²) in [5, 5.41) is 17.9. The summed E-state index contributed by atoms with van der Waals surface area (Å²) < 4.78 is 12.1. The van der Waals surface area contributed by atoms with Crippen LogP contribution in [0, 0.1) is 18.3 Å². The van der Waals surface area contributed by atoms with E-state index in [2.05, 4.69) is 15.4 Å². The lowest BCUT2D eigenvalue weighted by molar-refractivity contribution is 0.102. The van der Waals surface area contributed by atoms with E-state index < -0.39 is 5.91 Å². The summed E-state index contributed by atoms with van der Waals surface area (Å²) in [5.74, 6) is 1.06. The molecule has 4 aromatic rings. The largest absolute Gasteiger partial charge is 0.496 e. The van der Waals surface area contributed by atoms with Gasteiger partial charge >= 0.3 is 0 Å². The van der Waals surface area contributed by atoms with Crippen molar-refractivity contribution in [3.05, 3.63) is 70.4 Å². The molecule has 8 nitrogen and oxygen atoms in total. The highest BCUT2D eigenvalue weighted by Gasteiger charge is 2.20. The summed E-state index contributed by atoms with van der Waals surface area (Å²) in [6, 6.07) is 14.2. The number of methoxy groups -OCH3 is 2. The zero-order valence-electron chi connectivity index (χ0n) is 17.5. The van der Waals surface area contributed by atoms with Crippen molar-refractivity contribution in [2.75, 3.05) is 19.5 Å². The molecule has 2 aromatic heterocycles. The van der Waals surface area contributed by atoms with E-state index in [1.54, 1.807) is 19.2 Å². The molecule has 0 radical (unpaired) electrons. The van der Waals surface area contributed by atoms with Crippen molar-refractivity contribution >= 4 is 34.2 Å². The van der Waals surface area contributed by atoms with E-state index in [-0.39, 0.29) is 16.9 Å². The lowest BCUT2D eigenvalue weighted by atomic mass is 10.1. The molecule has 0 saturated heterocycles. The smallest absolute Gasteiger partial charge is 0.260 e. The minimum Gasteiger partial charge on any atom is -0.496 e. The summed E-state index contributed by atoms with van der Waals surface area (Å²) >= 11 is 6.06. The van der Waals surface area contributed by atoms with E-state index in [1.807, 2.05) is 37.3 Å². The number of nitrogens with one attached hydrogen (secondary N) is 1. The van der Waals surface area contributed by atoms with E-state index in [0.29, 0.717) is 27.9 Å². The highest BCUT2D eigenvalue weighted by molar-refractivity contribution is 6.31. The second-order valence-electron chi connectivity index (χ2n) is 6.88. The molecule has 9 heteroatoms. The summed E-state index contributed by atoms with van der Waals surface area (Å²) in [7, 11) is 3.03. The number of aryl methyl sites for hydroxylation is 1. The van der Waals surface area contributed by atoms with Gasteiger partial charge in [-0.25, -0.2) is 4.98 Å². The van der Waals surface area contributed by atoms with Crippen LogP contribution in [0.1, 0.15) is 21.5 Å². The van der Waals surface area contributed by atoms with Crippen molar-refractivity contribution in [2.45, 2.75) is 6.92 Å². The quantitative estimate of drug-likeness (QED) is 0.482. The first-order chi connectivity index (χ1) is 15.5. The van der Waals surface area contributed by atoms with Crippen molar-refractivity contribution in [3.8, 4) is 23.4 Å². The van der Waals surface area contributed by atoms with Gasteiger partial charge in [0.25, 0.3) is 5.91 Å². The average molecular weight is 448 g/mol. The molecule has 32 heavy (non-hydrogen) atoms. The second-order valence-corrected chi connectivity index (χ2v) is 7.32. The molecular formula is C23H18ClN5O3. The fraction of sp³-hybridized carbons (Fsp3) is 0.130. The van der Waals surface area contributed by atoms with E-state index in [0.717, 1.165) is 10.9 Å². The summed E-state index contributed by atoms with van der Waals surface area (Å²) in [5.41, 5.74) is 1.99. The first-order valence-corrected chi connectivity index (χ1v) is 9.92. The molecule has 0 aliphatic carbocycles. The van der Waals surface area contributed by atoms with Gasteiger partial charge in [-0.15, -0.1) is 0 Å². The van der Waals surface area contributed by atoms with Crippen LogP contribution in [0.15, 0.2) is 48.7 Å². The number of fused-ring (bicyclic) bond motifs is 1. The van der Waals surface area contributed by atoms with Crippen molar-refractivity contribution < 1.29 is 14.3 Å². The maximum absolute atomic E-state index is 13.0.